The van der Waals surface area contributed by atoms with Gasteiger partial charge in [0, 0.05) is 12.1 Å². The van der Waals surface area contributed by atoms with E-state index in [2.05, 4.69) is 10.6 Å². The van der Waals surface area contributed by atoms with Crippen LogP contribution >= 0.6 is 0 Å². The third kappa shape index (κ3) is 5.39. The number of benzene rings is 1. The molecule has 4 amide bonds. The van der Waals surface area contributed by atoms with Crippen LogP contribution in [0.4, 0.5) is 11.4 Å². The van der Waals surface area contributed by atoms with Gasteiger partial charge in [0.2, 0.25) is 11.8 Å². The van der Waals surface area contributed by atoms with E-state index in [0.29, 0.717) is 11.4 Å². The lowest BCUT2D eigenvalue weighted by atomic mass is 10.1. The van der Waals surface area contributed by atoms with E-state index in [1.807, 2.05) is 0 Å². The molecule has 0 aromatic heterocycles. The van der Waals surface area contributed by atoms with E-state index in [1.54, 1.807) is 24.3 Å². The molecule has 1 aromatic rings. The molecule has 2 atom stereocenters. The molecule has 4 fully saturated rings. The van der Waals surface area contributed by atoms with Crippen LogP contribution in [-0.2, 0) is 19.2 Å². The first-order valence-electron chi connectivity index (χ1n) is 13.9. The smallest absolute Gasteiger partial charge is 0.251 e. The van der Waals surface area contributed by atoms with E-state index in [0.717, 1.165) is 51.4 Å². The fraction of sp³-hybridized carbons (Fsp3) is 0.643. The van der Waals surface area contributed by atoms with E-state index in [1.165, 1.54) is 35.5 Å². The molecule has 0 radical (unpaired) electrons. The Morgan fingerprint density at radius 2 is 0.861 bits per heavy atom. The van der Waals surface area contributed by atoms with Crippen LogP contribution < -0.4 is 20.4 Å². The van der Waals surface area contributed by atoms with Gasteiger partial charge in [-0.2, -0.15) is 0 Å². The van der Waals surface area contributed by atoms with Crippen LogP contribution in [0.3, 0.4) is 0 Å². The molecule has 2 aliphatic carbocycles. The Balaban J connectivity index is 1.23. The summed E-state index contributed by atoms with van der Waals surface area (Å²) in [4.78, 5) is 54.2. The highest BCUT2D eigenvalue weighted by atomic mass is 16.2. The van der Waals surface area contributed by atoms with Crippen molar-refractivity contribution in [2.75, 3.05) is 9.80 Å². The van der Waals surface area contributed by atoms with Crippen LogP contribution in [0.15, 0.2) is 24.3 Å². The first-order valence-corrected chi connectivity index (χ1v) is 13.9. The Hall–Kier alpha value is -2.58. The molecule has 2 aliphatic heterocycles. The predicted octanol–water partition coefficient (Wildman–Crippen LogP) is 3.58. The van der Waals surface area contributed by atoms with Gasteiger partial charge in [-0.15, -0.1) is 0 Å². The number of nitrogens with zero attached hydrogens (tertiary/aromatic N) is 2. The largest absolute Gasteiger partial charge is 0.303 e. The van der Waals surface area contributed by atoms with Crippen molar-refractivity contribution < 1.29 is 19.2 Å². The standard InChI is InChI=1S/C28H38N4O4/c33-25-17-23(29-19-9-5-1-2-6-10-19)27(35)31(25)21-13-15-22(16-14-21)32-26(34)18-24(28(32)36)30-20-11-7-3-4-8-12-20/h13-16,19-20,23-24,29-30H,1-12,17-18H2/t23-,24+. The molecule has 4 aliphatic rings. The lowest BCUT2D eigenvalue weighted by Gasteiger charge is -2.22. The topological polar surface area (TPSA) is 98.8 Å². The number of hydrogen-bond acceptors (Lipinski definition) is 6. The summed E-state index contributed by atoms with van der Waals surface area (Å²) in [5.41, 5.74) is 0.956. The van der Waals surface area contributed by atoms with E-state index >= 15 is 0 Å². The van der Waals surface area contributed by atoms with Gasteiger partial charge in [0.15, 0.2) is 0 Å². The highest BCUT2D eigenvalue weighted by molar-refractivity contribution is 6.24. The number of anilines is 2. The third-order valence-corrected chi connectivity index (χ3v) is 8.24. The molecule has 36 heavy (non-hydrogen) atoms. The van der Waals surface area contributed by atoms with Crippen molar-refractivity contribution in [3.63, 3.8) is 0 Å². The van der Waals surface area contributed by atoms with Gasteiger partial charge in [-0.25, -0.2) is 9.80 Å². The molecule has 2 N–H and O–H groups in total. The summed E-state index contributed by atoms with van der Waals surface area (Å²) in [5.74, 6) is -0.893. The van der Waals surface area contributed by atoms with Crippen molar-refractivity contribution in [1.29, 1.82) is 0 Å². The fourth-order valence-corrected chi connectivity index (χ4v) is 6.28. The fourth-order valence-electron chi connectivity index (χ4n) is 6.28. The van der Waals surface area contributed by atoms with Crippen molar-refractivity contribution in [1.82, 2.24) is 10.6 Å². The van der Waals surface area contributed by atoms with Gasteiger partial charge >= 0.3 is 0 Å². The second-order valence-electron chi connectivity index (χ2n) is 10.9. The van der Waals surface area contributed by atoms with E-state index in [4.69, 9.17) is 0 Å². The maximum atomic E-state index is 13.1. The van der Waals surface area contributed by atoms with E-state index < -0.39 is 12.1 Å². The molecule has 0 unspecified atom stereocenters. The van der Waals surface area contributed by atoms with Crippen molar-refractivity contribution in [3.05, 3.63) is 24.3 Å². The number of carbonyl (C=O) groups is 4. The van der Waals surface area contributed by atoms with Crippen molar-refractivity contribution in [3.8, 4) is 0 Å². The number of nitrogens with one attached hydrogen (secondary N) is 2. The molecule has 8 heteroatoms. The van der Waals surface area contributed by atoms with Crippen LogP contribution in [0.1, 0.15) is 89.9 Å². The number of amides is 4. The average Bonchev–Trinajstić information content (AvgIpc) is 3.12. The number of hydrogen-bond donors (Lipinski definition) is 2. The second kappa shape index (κ2) is 11.2. The Bertz CT molecular complexity index is 899. The predicted molar refractivity (Wildman–Crippen MR) is 137 cm³/mol. The van der Waals surface area contributed by atoms with E-state index in [-0.39, 0.29) is 48.6 Å². The molecule has 8 nitrogen and oxygen atoms in total. The van der Waals surface area contributed by atoms with Crippen LogP contribution in [0.5, 0.6) is 0 Å². The highest BCUT2D eigenvalue weighted by Crippen LogP contribution is 2.30. The first kappa shape index (κ1) is 25.1. The zero-order valence-electron chi connectivity index (χ0n) is 21.0. The summed E-state index contributed by atoms with van der Waals surface area (Å²) in [6, 6.07) is 6.22. The van der Waals surface area contributed by atoms with Crippen molar-refractivity contribution in [2.24, 2.45) is 0 Å². The summed E-state index contributed by atoms with van der Waals surface area (Å²) >= 11 is 0. The molecule has 1 aromatic carbocycles. The monoisotopic (exact) mass is 494 g/mol. The second-order valence-corrected chi connectivity index (χ2v) is 10.9. The number of imide groups is 2. The summed E-state index contributed by atoms with van der Waals surface area (Å²) in [5, 5.41) is 6.86. The third-order valence-electron chi connectivity index (χ3n) is 8.24. The molecule has 5 rings (SSSR count). The minimum Gasteiger partial charge on any atom is -0.303 e. The lowest BCUT2D eigenvalue weighted by Crippen LogP contribution is -2.44. The SMILES string of the molecule is O=C1C[C@H](NC2CCCCCC2)C(=O)N1c1ccc(N2C(=O)C[C@@H](NC3CCCCCC3)C2=O)cc1. The summed E-state index contributed by atoms with van der Waals surface area (Å²) in [6.45, 7) is 0. The molecular weight excluding hydrogens is 456 g/mol. The minimum absolute atomic E-state index is 0.161. The zero-order chi connectivity index (χ0) is 25.1. The maximum absolute atomic E-state index is 13.1. The quantitative estimate of drug-likeness (QED) is 0.463. The number of carbonyl (C=O) groups excluding carboxylic acids is 4. The van der Waals surface area contributed by atoms with Gasteiger partial charge in [0.05, 0.1) is 36.3 Å². The minimum atomic E-state index is -0.488. The Morgan fingerprint density at radius 3 is 1.19 bits per heavy atom. The molecule has 2 saturated carbocycles. The van der Waals surface area contributed by atoms with Gasteiger partial charge < -0.3 is 10.6 Å². The lowest BCUT2D eigenvalue weighted by molar-refractivity contribution is -0.123. The van der Waals surface area contributed by atoms with Crippen LogP contribution in [0.25, 0.3) is 0 Å². The maximum Gasteiger partial charge on any atom is 0.251 e. The molecule has 2 saturated heterocycles. The summed E-state index contributed by atoms with van der Waals surface area (Å²) < 4.78 is 0. The molecule has 194 valence electrons. The normalized spacial score (nSPS) is 27.1. The molecule has 0 bridgehead atoms. The molecule has 0 spiro atoms. The Labute approximate surface area is 213 Å². The average molecular weight is 495 g/mol. The van der Waals surface area contributed by atoms with Crippen molar-refractivity contribution in [2.45, 2.75) is 114 Å². The molecule has 2 heterocycles. The Morgan fingerprint density at radius 1 is 0.528 bits per heavy atom. The van der Waals surface area contributed by atoms with Gasteiger partial charge in [0.1, 0.15) is 0 Å². The highest BCUT2D eigenvalue weighted by Gasteiger charge is 2.42. The first-order chi connectivity index (χ1) is 17.5. The van der Waals surface area contributed by atoms with Crippen LogP contribution in [0, 0.1) is 0 Å². The van der Waals surface area contributed by atoms with E-state index in [9.17, 15) is 19.2 Å². The zero-order valence-corrected chi connectivity index (χ0v) is 21.0. The van der Waals surface area contributed by atoms with Gasteiger partial charge in [-0.1, -0.05) is 51.4 Å². The number of rotatable bonds is 6. The van der Waals surface area contributed by atoms with Crippen LogP contribution in [-0.4, -0.2) is 47.8 Å². The van der Waals surface area contributed by atoms with Crippen LogP contribution in [0.2, 0.25) is 0 Å². The van der Waals surface area contributed by atoms with Crippen molar-refractivity contribution >= 4 is 35.0 Å². The Kier molecular flexibility index (Phi) is 7.82. The molecular formula is C28H38N4O4. The van der Waals surface area contributed by atoms with Gasteiger partial charge in [0.25, 0.3) is 11.8 Å². The summed E-state index contributed by atoms with van der Waals surface area (Å²) in [7, 11) is 0. The van der Waals surface area contributed by atoms with Gasteiger partial charge in [-0.05, 0) is 49.9 Å². The summed E-state index contributed by atoms with van der Waals surface area (Å²) in [6.07, 6.45) is 14.0. The van der Waals surface area contributed by atoms with Gasteiger partial charge in [-0.3, -0.25) is 19.2 Å².